The molecular formula is C26H27F6N5O4. The summed E-state index contributed by atoms with van der Waals surface area (Å²) in [6.07, 6.45) is -11.2. The molecule has 0 saturated heterocycles. The van der Waals surface area contributed by atoms with Crippen molar-refractivity contribution in [2.24, 2.45) is 0 Å². The number of anilines is 1. The third-order valence-corrected chi connectivity index (χ3v) is 6.77. The number of pyridine rings is 1. The molecule has 0 spiro atoms. The minimum Gasteiger partial charge on any atom is -0.416 e. The fourth-order valence-electron chi connectivity index (χ4n) is 4.47. The lowest BCUT2D eigenvalue weighted by molar-refractivity contribution is -0.277. The van der Waals surface area contributed by atoms with Crippen LogP contribution in [0.15, 0.2) is 34.7 Å². The second kappa shape index (κ2) is 10.6. The second-order valence-corrected chi connectivity index (χ2v) is 10.4. The fraction of sp³-hybridized carbons (Fsp3) is 0.462. The third kappa shape index (κ3) is 6.15. The molecule has 1 aromatic carbocycles. The largest absolute Gasteiger partial charge is 0.426 e. The molecule has 4 rings (SSSR count). The summed E-state index contributed by atoms with van der Waals surface area (Å²) in [5, 5.41) is 27.6. The number of benzene rings is 1. The van der Waals surface area contributed by atoms with Crippen LogP contribution < -0.4 is 5.73 Å². The molecule has 1 amide bonds. The van der Waals surface area contributed by atoms with Crippen LogP contribution in [0, 0.1) is 0 Å². The Morgan fingerprint density at radius 3 is 2.39 bits per heavy atom. The number of halogens is 6. The number of amides is 1. The average Bonchev–Trinajstić information content (AvgIpc) is 3.35. The van der Waals surface area contributed by atoms with E-state index in [9.17, 15) is 41.4 Å². The summed E-state index contributed by atoms with van der Waals surface area (Å²) in [6, 6.07) is 6.89. The van der Waals surface area contributed by atoms with Crippen LogP contribution >= 0.6 is 0 Å². The smallest absolute Gasteiger partial charge is 0.416 e. The van der Waals surface area contributed by atoms with Crippen LogP contribution in [0.3, 0.4) is 0 Å². The Kier molecular flexibility index (Phi) is 7.82. The van der Waals surface area contributed by atoms with Crippen molar-refractivity contribution in [3.63, 3.8) is 0 Å². The molecule has 4 N–H and O–H groups in total. The number of fused-ring (bicyclic) bond motifs is 5. The first-order chi connectivity index (χ1) is 18.9. The summed E-state index contributed by atoms with van der Waals surface area (Å²) < 4.78 is 88.9. The molecule has 222 valence electrons. The van der Waals surface area contributed by atoms with E-state index in [4.69, 9.17) is 10.2 Å². The molecule has 3 aromatic rings. The van der Waals surface area contributed by atoms with Gasteiger partial charge in [0.2, 0.25) is 5.60 Å². The predicted octanol–water partition coefficient (Wildman–Crippen LogP) is 4.93. The van der Waals surface area contributed by atoms with Gasteiger partial charge >= 0.3 is 12.4 Å². The van der Waals surface area contributed by atoms with Crippen molar-refractivity contribution in [1.82, 2.24) is 20.1 Å². The number of nitrogens with zero attached hydrogens (tertiary/aromatic N) is 4. The number of nitrogen functional groups attached to an aromatic ring is 1. The zero-order chi connectivity index (χ0) is 30.4. The number of aromatic nitrogens is 3. The molecule has 0 saturated carbocycles. The molecule has 1 atom stereocenters. The highest BCUT2D eigenvalue weighted by Gasteiger charge is 2.58. The van der Waals surface area contributed by atoms with Gasteiger partial charge in [0.05, 0.1) is 16.9 Å². The summed E-state index contributed by atoms with van der Waals surface area (Å²) in [6.45, 7) is 2.74. The van der Waals surface area contributed by atoms with Gasteiger partial charge < -0.3 is 25.3 Å². The maximum Gasteiger partial charge on any atom is 0.426 e. The third-order valence-electron chi connectivity index (χ3n) is 6.77. The maximum absolute atomic E-state index is 14.0. The van der Waals surface area contributed by atoms with Gasteiger partial charge in [0.1, 0.15) is 5.69 Å². The lowest BCUT2D eigenvalue weighted by Gasteiger charge is -2.28. The Hall–Kier alpha value is -3.72. The fourth-order valence-corrected chi connectivity index (χ4v) is 4.47. The van der Waals surface area contributed by atoms with Crippen molar-refractivity contribution < 1.29 is 45.8 Å². The normalized spacial score (nSPS) is 19.3. The van der Waals surface area contributed by atoms with E-state index in [-0.39, 0.29) is 32.4 Å². The summed E-state index contributed by atoms with van der Waals surface area (Å²) >= 11 is 0. The first-order valence-corrected chi connectivity index (χ1v) is 12.5. The number of nitrogens with two attached hydrogens (primary N) is 1. The molecule has 9 nitrogen and oxygen atoms in total. The summed E-state index contributed by atoms with van der Waals surface area (Å²) in [5.74, 6) is -3.14. The van der Waals surface area contributed by atoms with Gasteiger partial charge in [-0.2, -0.15) is 26.3 Å². The van der Waals surface area contributed by atoms with Gasteiger partial charge in [0.25, 0.3) is 17.7 Å². The molecular weight excluding hydrogens is 560 g/mol. The van der Waals surface area contributed by atoms with Crippen molar-refractivity contribution in [2.45, 2.75) is 69.6 Å². The number of hydrogen-bond donors (Lipinski definition) is 3. The van der Waals surface area contributed by atoms with Gasteiger partial charge in [-0.25, -0.2) is 4.98 Å². The highest BCUT2D eigenvalue weighted by atomic mass is 19.4. The van der Waals surface area contributed by atoms with Gasteiger partial charge in [0, 0.05) is 13.1 Å². The first-order valence-electron chi connectivity index (χ1n) is 12.5. The highest BCUT2D eigenvalue weighted by Crippen LogP contribution is 2.43. The number of alkyl halides is 6. The van der Waals surface area contributed by atoms with Gasteiger partial charge in [-0.15, -0.1) is 10.2 Å². The number of rotatable bonds is 3. The van der Waals surface area contributed by atoms with Crippen molar-refractivity contribution in [3.8, 4) is 11.6 Å². The molecule has 0 unspecified atom stereocenters. The monoisotopic (exact) mass is 587 g/mol. The van der Waals surface area contributed by atoms with Gasteiger partial charge in [-0.1, -0.05) is 30.7 Å². The molecule has 0 fully saturated rings. The van der Waals surface area contributed by atoms with Crippen molar-refractivity contribution in [1.29, 1.82) is 0 Å². The van der Waals surface area contributed by atoms with E-state index in [1.54, 1.807) is 38.1 Å². The van der Waals surface area contributed by atoms with Crippen molar-refractivity contribution in [3.05, 3.63) is 58.6 Å². The lowest BCUT2D eigenvalue weighted by atomic mass is 9.95. The van der Waals surface area contributed by atoms with E-state index < -0.39 is 70.3 Å². The van der Waals surface area contributed by atoms with Crippen LogP contribution in [-0.2, 0) is 23.9 Å². The van der Waals surface area contributed by atoms with E-state index in [1.165, 1.54) is 0 Å². The summed E-state index contributed by atoms with van der Waals surface area (Å²) in [5.41, 5.74) is -1.90. The molecule has 0 aliphatic carbocycles. The zero-order valence-corrected chi connectivity index (χ0v) is 22.0. The summed E-state index contributed by atoms with van der Waals surface area (Å²) in [4.78, 5) is 18.5. The Morgan fingerprint density at radius 2 is 1.76 bits per heavy atom. The number of aliphatic hydroxyl groups is 2. The molecule has 4 bridgehead atoms. The molecule has 0 radical (unpaired) electrons. The maximum atomic E-state index is 14.0. The number of carbonyl (C=O) groups excluding carboxylic acids is 1. The molecule has 1 aliphatic rings. The van der Waals surface area contributed by atoms with Crippen LogP contribution in [0.1, 0.15) is 72.6 Å². The van der Waals surface area contributed by atoms with Crippen LogP contribution in [0.4, 0.5) is 32.0 Å². The predicted molar refractivity (Wildman–Crippen MR) is 132 cm³/mol. The average molecular weight is 588 g/mol. The van der Waals surface area contributed by atoms with Crippen molar-refractivity contribution in [2.75, 3.05) is 12.3 Å². The molecule has 3 heterocycles. The highest BCUT2D eigenvalue weighted by molar-refractivity contribution is 5.95. The van der Waals surface area contributed by atoms with E-state index in [2.05, 4.69) is 15.2 Å². The Morgan fingerprint density at radius 1 is 1.05 bits per heavy atom. The zero-order valence-electron chi connectivity index (χ0n) is 22.0. The summed E-state index contributed by atoms with van der Waals surface area (Å²) in [7, 11) is 0. The van der Waals surface area contributed by atoms with Gasteiger partial charge in [0.15, 0.2) is 5.69 Å². The Bertz CT molecular complexity index is 1430. The molecule has 1 aliphatic heterocycles. The van der Waals surface area contributed by atoms with E-state index in [0.29, 0.717) is 17.2 Å². The van der Waals surface area contributed by atoms with E-state index in [1.807, 2.05) is 0 Å². The Labute approximate surface area is 230 Å². The van der Waals surface area contributed by atoms with Crippen LogP contribution in [-0.4, -0.2) is 48.9 Å². The SMILES string of the molecule is CC(C)(O)c1cccc(CN2CCCCC[C@](O)(C(F)(F)F)c3nnc(o3)-c3nc(c(C(F)(F)F)cc3N)C2=O)c1. The number of hydrogen-bond acceptors (Lipinski definition) is 8. The van der Waals surface area contributed by atoms with Gasteiger partial charge in [-0.05, 0) is 50.3 Å². The molecule has 15 heteroatoms. The van der Waals surface area contributed by atoms with Crippen LogP contribution in [0.2, 0.25) is 0 Å². The quantitative estimate of drug-likeness (QED) is 0.367. The van der Waals surface area contributed by atoms with Crippen molar-refractivity contribution >= 4 is 11.6 Å². The van der Waals surface area contributed by atoms with Crippen LogP contribution in [0.25, 0.3) is 11.6 Å². The molecule has 2 aromatic heterocycles. The van der Waals surface area contributed by atoms with E-state index in [0.717, 1.165) is 4.90 Å². The van der Waals surface area contributed by atoms with Crippen LogP contribution in [0.5, 0.6) is 0 Å². The minimum absolute atomic E-state index is 0.0689. The standard InChI is InChI=1S/C26H27F6N5O4/c1-23(2,39)15-8-6-7-14(11-15)13-37-10-5-3-4-9-24(40,26(30,31)32)22-36-35-20(41-22)19-17(33)12-16(25(27,28)29)18(34-19)21(37)38/h6-8,11-12,39-40H,3-5,9-10,13,33H2,1-2H3/t24-/m1/s1. The second-order valence-electron chi connectivity index (χ2n) is 10.4. The Balaban J connectivity index is 1.86. The van der Waals surface area contributed by atoms with E-state index >= 15 is 0 Å². The lowest BCUT2D eigenvalue weighted by Crippen LogP contribution is -2.42. The molecule has 41 heavy (non-hydrogen) atoms. The van der Waals surface area contributed by atoms with Gasteiger partial charge in [-0.3, -0.25) is 4.79 Å². The first kappa shape index (κ1) is 30.2. The number of carbonyl (C=O) groups is 1. The minimum atomic E-state index is -5.22. The topological polar surface area (TPSA) is 139 Å².